The van der Waals surface area contributed by atoms with Crippen LogP contribution in [0.25, 0.3) is 0 Å². The van der Waals surface area contributed by atoms with Crippen molar-refractivity contribution in [1.29, 1.82) is 0 Å². The largest absolute Gasteiger partial charge is 0.348 e. The Morgan fingerprint density at radius 2 is 2.11 bits per heavy atom. The van der Waals surface area contributed by atoms with Crippen LogP contribution < -0.4 is 11.1 Å². The zero-order valence-electron chi connectivity index (χ0n) is 11.2. The van der Waals surface area contributed by atoms with Crippen LogP contribution in [0, 0.1) is 5.92 Å². The Morgan fingerprint density at radius 1 is 1.37 bits per heavy atom. The van der Waals surface area contributed by atoms with Gasteiger partial charge >= 0.3 is 0 Å². The summed E-state index contributed by atoms with van der Waals surface area (Å²) in [6, 6.07) is 8.43. The van der Waals surface area contributed by atoms with Crippen molar-refractivity contribution in [2.45, 2.75) is 42.7 Å². The third-order valence-electron chi connectivity index (χ3n) is 4.18. The lowest BCUT2D eigenvalue weighted by Gasteiger charge is -2.30. The molecule has 1 saturated carbocycles. The Kier molecular flexibility index (Phi) is 3.31. The van der Waals surface area contributed by atoms with Gasteiger partial charge < -0.3 is 11.1 Å². The Balaban J connectivity index is 1.76. The summed E-state index contributed by atoms with van der Waals surface area (Å²) in [6.07, 6.45) is 3.14. The van der Waals surface area contributed by atoms with Gasteiger partial charge in [-0.1, -0.05) is 18.2 Å². The predicted molar refractivity (Wildman–Crippen MR) is 78.0 cm³/mol. The molecular weight excluding hydrogens is 256 g/mol. The fourth-order valence-electron chi connectivity index (χ4n) is 2.67. The molecule has 1 aliphatic carbocycles. The van der Waals surface area contributed by atoms with E-state index in [-0.39, 0.29) is 11.9 Å². The van der Waals surface area contributed by atoms with E-state index >= 15 is 0 Å². The van der Waals surface area contributed by atoms with Crippen LogP contribution in [0.1, 0.15) is 37.8 Å². The molecule has 2 aliphatic rings. The van der Waals surface area contributed by atoms with E-state index in [1.807, 2.05) is 30.8 Å². The minimum atomic E-state index is -0.709. The summed E-state index contributed by atoms with van der Waals surface area (Å²) in [5, 5.41) is 3.16. The molecule has 0 bridgehead atoms. The maximum Gasteiger partial charge on any atom is 0.240 e. The van der Waals surface area contributed by atoms with Crippen LogP contribution in [0.15, 0.2) is 29.2 Å². The lowest BCUT2D eigenvalue weighted by atomic mass is 9.94. The number of carbonyl (C=O) groups is 1. The number of nitrogens with two attached hydrogens (primary N) is 1. The lowest BCUT2D eigenvalue weighted by Crippen LogP contribution is -2.54. The lowest BCUT2D eigenvalue weighted by molar-refractivity contribution is -0.127. The normalized spacial score (nSPS) is 25.3. The minimum Gasteiger partial charge on any atom is -0.348 e. The first-order valence-corrected chi connectivity index (χ1v) is 7.89. The van der Waals surface area contributed by atoms with Gasteiger partial charge in [0.05, 0.1) is 11.6 Å². The number of rotatable bonds is 3. The first kappa shape index (κ1) is 13.0. The highest BCUT2D eigenvalue weighted by atomic mass is 32.2. The monoisotopic (exact) mass is 276 g/mol. The highest BCUT2D eigenvalue weighted by Gasteiger charge is 2.44. The van der Waals surface area contributed by atoms with Gasteiger partial charge in [0.25, 0.3) is 0 Å². The highest BCUT2D eigenvalue weighted by molar-refractivity contribution is 7.99. The maximum absolute atomic E-state index is 12.4. The third-order valence-corrected chi connectivity index (χ3v) is 5.30. The summed E-state index contributed by atoms with van der Waals surface area (Å²) in [6.45, 7) is 1.86. The van der Waals surface area contributed by atoms with E-state index < -0.39 is 5.54 Å². The van der Waals surface area contributed by atoms with Gasteiger partial charge in [-0.15, -0.1) is 11.8 Å². The molecule has 1 aromatic rings. The summed E-state index contributed by atoms with van der Waals surface area (Å²) in [4.78, 5) is 13.7. The molecule has 1 heterocycles. The number of amides is 1. The van der Waals surface area contributed by atoms with Gasteiger partial charge in [-0.05, 0) is 43.7 Å². The van der Waals surface area contributed by atoms with Crippen molar-refractivity contribution in [3.63, 3.8) is 0 Å². The molecule has 0 saturated heterocycles. The van der Waals surface area contributed by atoms with Crippen molar-refractivity contribution < 1.29 is 4.79 Å². The number of fused-ring (bicyclic) bond motifs is 1. The second kappa shape index (κ2) is 4.84. The van der Waals surface area contributed by atoms with Crippen molar-refractivity contribution in [2.75, 3.05) is 5.75 Å². The van der Waals surface area contributed by atoms with Crippen LogP contribution in [-0.4, -0.2) is 17.2 Å². The summed E-state index contributed by atoms with van der Waals surface area (Å²) in [5.41, 5.74) is 6.71. The smallest absolute Gasteiger partial charge is 0.240 e. The number of nitrogens with one attached hydrogen (secondary N) is 1. The van der Waals surface area contributed by atoms with Gasteiger partial charge in [-0.25, -0.2) is 0 Å². The molecule has 4 heteroatoms. The van der Waals surface area contributed by atoms with Crippen LogP contribution in [0.4, 0.5) is 0 Å². The summed E-state index contributed by atoms with van der Waals surface area (Å²) in [7, 11) is 0. The summed E-state index contributed by atoms with van der Waals surface area (Å²) >= 11 is 1.86. The Morgan fingerprint density at radius 3 is 2.84 bits per heavy atom. The van der Waals surface area contributed by atoms with Crippen molar-refractivity contribution >= 4 is 17.7 Å². The van der Waals surface area contributed by atoms with Crippen molar-refractivity contribution in [3.05, 3.63) is 29.8 Å². The van der Waals surface area contributed by atoms with Gasteiger partial charge in [0.1, 0.15) is 0 Å². The Bertz CT molecular complexity index is 497. The molecule has 3 N–H and O–H groups in total. The highest BCUT2D eigenvalue weighted by Crippen LogP contribution is 2.40. The fourth-order valence-corrected chi connectivity index (χ4v) is 3.80. The minimum absolute atomic E-state index is 0.00158. The van der Waals surface area contributed by atoms with Crippen LogP contribution >= 0.6 is 11.8 Å². The first-order chi connectivity index (χ1) is 9.09. The molecule has 1 amide bonds. The first-order valence-electron chi connectivity index (χ1n) is 6.90. The topological polar surface area (TPSA) is 55.1 Å². The van der Waals surface area contributed by atoms with Crippen molar-refractivity contribution in [1.82, 2.24) is 5.32 Å². The zero-order chi connectivity index (χ0) is 13.5. The zero-order valence-corrected chi connectivity index (χ0v) is 12.0. The summed E-state index contributed by atoms with van der Waals surface area (Å²) in [5.74, 6) is 1.41. The number of benzene rings is 1. The molecule has 0 radical (unpaired) electrons. The maximum atomic E-state index is 12.4. The van der Waals surface area contributed by atoms with Gasteiger partial charge in [-0.2, -0.15) is 0 Å². The van der Waals surface area contributed by atoms with Gasteiger partial charge in [0.2, 0.25) is 5.91 Å². The molecule has 102 valence electrons. The van der Waals surface area contributed by atoms with E-state index in [4.69, 9.17) is 5.73 Å². The van der Waals surface area contributed by atoms with Gasteiger partial charge in [-0.3, -0.25) is 4.79 Å². The number of hydrogen-bond acceptors (Lipinski definition) is 3. The van der Waals surface area contributed by atoms with E-state index in [1.54, 1.807) is 0 Å². The average Bonchev–Trinajstić information content (AvgIpc) is 3.23. The number of carbonyl (C=O) groups excluding carboxylic acids is 1. The van der Waals surface area contributed by atoms with Crippen LogP contribution in [-0.2, 0) is 4.79 Å². The molecule has 1 fully saturated rings. The molecule has 2 unspecified atom stereocenters. The van der Waals surface area contributed by atoms with Gasteiger partial charge in [0, 0.05) is 10.6 Å². The fraction of sp³-hybridized carbons (Fsp3) is 0.533. The number of hydrogen-bond donors (Lipinski definition) is 2. The quantitative estimate of drug-likeness (QED) is 0.891. The molecule has 0 aromatic heterocycles. The average molecular weight is 276 g/mol. The molecule has 2 atom stereocenters. The standard InChI is InChI=1S/C15H20N2OS/c1-15(16,10-6-7-10)14(18)17-12-8-9-19-13-5-3-2-4-11(12)13/h2-5,10,12H,6-9,16H2,1H3,(H,17,18). The summed E-state index contributed by atoms with van der Waals surface area (Å²) < 4.78 is 0. The second-order valence-electron chi connectivity index (χ2n) is 5.76. The number of thioether (sulfide) groups is 1. The molecule has 0 spiro atoms. The second-order valence-corrected chi connectivity index (χ2v) is 6.89. The van der Waals surface area contributed by atoms with Crippen LogP contribution in [0.3, 0.4) is 0 Å². The van der Waals surface area contributed by atoms with E-state index in [2.05, 4.69) is 17.4 Å². The predicted octanol–water partition coefficient (Wildman–Crippen LogP) is 2.47. The Hall–Kier alpha value is -1.00. The molecular formula is C15H20N2OS. The van der Waals surface area contributed by atoms with Crippen LogP contribution in [0.2, 0.25) is 0 Å². The van der Waals surface area contributed by atoms with Crippen molar-refractivity contribution in [2.24, 2.45) is 11.7 Å². The molecule has 3 rings (SSSR count). The molecule has 3 nitrogen and oxygen atoms in total. The van der Waals surface area contributed by atoms with E-state index in [0.717, 1.165) is 25.0 Å². The third kappa shape index (κ3) is 2.51. The molecule has 1 aliphatic heterocycles. The molecule has 1 aromatic carbocycles. The SMILES string of the molecule is CC(N)(C(=O)NC1CCSc2ccccc21)C1CC1. The Labute approximate surface area is 118 Å². The van der Waals surface area contributed by atoms with E-state index in [1.165, 1.54) is 10.5 Å². The van der Waals surface area contributed by atoms with E-state index in [9.17, 15) is 4.79 Å². The van der Waals surface area contributed by atoms with Crippen LogP contribution in [0.5, 0.6) is 0 Å². The van der Waals surface area contributed by atoms with E-state index in [0.29, 0.717) is 5.92 Å². The van der Waals surface area contributed by atoms with Gasteiger partial charge in [0.15, 0.2) is 0 Å². The van der Waals surface area contributed by atoms with Crippen molar-refractivity contribution in [3.8, 4) is 0 Å². The molecule has 19 heavy (non-hydrogen) atoms.